The van der Waals surface area contributed by atoms with Gasteiger partial charge in [-0.3, -0.25) is 29.2 Å². The number of non-ortho nitro benzene ring substituents is 1. The summed E-state index contributed by atoms with van der Waals surface area (Å²) in [6, 6.07) is 13.3. The molecule has 1 fully saturated rings. The molecular formula is C26H29N5O5. The zero-order valence-electron chi connectivity index (χ0n) is 20.4. The first kappa shape index (κ1) is 25.2. The molecule has 1 aromatic heterocycles. The number of rotatable bonds is 8. The summed E-state index contributed by atoms with van der Waals surface area (Å²) in [7, 11) is 1.61. The molecule has 4 rings (SSSR count). The molecule has 10 nitrogen and oxygen atoms in total. The molecule has 0 saturated carbocycles. The first-order valence-corrected chi connectivity index (χ1v) is 11.8. The van der Waals surface area contributed by atoms with Gasteiger partial charge in [0.1, 0.15) is 5.82 Å². The molecule has 0 aliphatic carbocycles. The number of methoxy groups -OCH3 is 1. The summed E-state index contributed by atoms with van der Waals surface area (Å²) in [6.45, 7) is 5.23. The minimum atomic E-state index is -0.455. The van der Waals surface area contributed by atoms with E-state index in [-0.39, 0.29) is 23.2 Å². The molecule has 2 heterocycles. The maximum atomic E-state index is 13.2. The number of carbonyl (C=O) groups is 1. The SMILES string of the molecule is COCCn1c(C(C)N2CCN(C(=O)/C=C/c3ccc([N+](=O)[O-])cc3)CC2)nc2ccccc2c1=O. The van der Waals surface area contributed by atoms with Crippen LogP contribution in [0.5, 0.6) is 0 Å². The van der Waals surface area contributed by atoms with Crippen molar-refractivity contribution in [3.63, 3.8) is 0 Å². The van der Waals surface area contributed by atoms with Gasteiger partial charge in [-0.25, -0.2) is 4.98 Å². The zero-order chi connectivity index (χ0) is 25.7. The number of benzene rings is 2. The highest BCUT2D eigenvalue weighted by molar-refractivity contribution is 5.91. The lowest BCUT2D eigenvalue weighted by Crippen LogP contribution is -2.49. The fourth-order valence-electron chi connectivity index (χ4n) is 4.38. The standard InChI is InChI=1S/C26H29N5O5/c1-19(25-27-23-6-4-3-5-22(23)26(33)30(25)17-18-36-2)28-13-15-29(16-14-28)24(32)12-9-20-7-10-21(11-8-20)31(34)35/h3-12,19H,13-18H2,1-2H3/b12-9+. The van der Waals surface area contributed by atoms with E-state index in [9.17, 15) is 19.7 Å². The Bertz CT molecular complexity index is 1330. The Morgan fingerprint density at radius 1 is 1.14 bits per heavy atom. The Balaban J connectivity index is 1.44. The molecule has 1 unspecified atom stereocenters. The molecule has 1 amide bonds. The molecule has 0 N–H and O–H groups in total. The Hall–Kier alpha value is -3.89. The number of hydrogen-bond donors (Lipinski definition) is 0. The number of para-hydroxylation sites is 1. The van der Waals surface area contributed by atoms with Crippen LogP contribution >= 0.6 is 0 Å². The van der Waals surface area contributed by atoms with Crippen LogP contribution in [0.25, 0.3) is 17.0 Å². The molecule has 0 spiro atoms. The molecule has 1 atom stereocenters. The summed E-state index contributed by atoms with van der Waals surface area (Å²) in [4.78, 5) is 45.0. The van der Waals surface area contributed by atoms with Gasteiger partial charge in [0.2, 0.25) is 5.91 Å². The Morgan fingerprint density at radius 3 is 2.50 bits per heavy atom. The van der Waals surface area contributed by atoms with Crippen LogP contribution in [0.3, 0.4) is 0 Å². The quantitative estimate of drug-likeness (QED) is 0.271. The average Bonchev–Trinajstić information content (AvgIpc) is 2.91. The first-order valence-electron chi connectivity index (χ1n) is 11.8. The summed E-state index contributed by atoms with van der Waals surface area (Å²) in [5, 5.41) is 11.4. The van der Waals surface area contributed by atoms with Crippen molar-refractivity contribution < 1.29 is 14.5 Å². The van der Waals surface area contributed by atoms with Crippen molar-refractivity contribution in [2.24, 2.45) is 0 Å². The Morgan fingerprint density at radius 2 is 1.83 bits per heavy atom. The molecule has 1 saturated heterocycles. The highest BCUT2D eigenvalue weighted by atomic mass is 16.6. The number of carbonyl (C=O) groups excluding carboxylic acids is 1. The molecular weight excluding hydrogens is 462 g/mol. The zero-order valence-corrected chi connectivity index (χ0v) is 20.4. The van der Waals surface area contributed by atoms with Crippen LogP contribution in [0.4, 0.5) is 5.69 Å². The molecule has 10 heteroatoms. The first-order chi connectivity index (χ1) is 17.4. The fraction of sp³-hybridized carbons (Fsp3) is 0.346. The van der Waals surface area contributed by atoms with Crippen molar-refractivity contribution in [1.29, 1.82) is 0 Å². The average molecular weight is 492 g/mol. The van der Waals surface area contributed by atoms with E-state index in [4.69, 9.17) is 9.72 Å². The second-order valence-corrected chi connectivity index (χ2v) is 8.66. The van der Waals surface area contributed by atoms with Crippen LogP contribution in [0, 0.1) is 10.1 Å². The van der Waals surface area contributed by atoms with Gasteiger partial charge in [-0.1, -0.05) is 12.1 Å². The fourth-order valence-corrected chi connectivity index (χ4v) is 4.38. The van der Waals surface area contributed by atoms with Crippen molar-refractivity contribution in [2.45, 2.75) is 19.5 Å². The van der Waals surface area contributed by atoms with Gasteiger partial charge < -0.3 is 9.64 Å². The number of ether oxygens (including phenoxy) is 1. The third-order valence-electron chi connectivity index (χ3n) is 6.48. The largest absolute Gasteiger partial charge is 0.383 e. The summed E-state index contributed by atoms with van der Waals surface area (Å²) in [5.74, 6) is 0.579. The predicted molar refractivity (Wildman–Crippen MR) is 137 cm³/mol. The lowest BCUT2D eigenvalue weighted by atomic mass is 10.1. The van der Waals surface area contributed by atoms with Crippen LogP contribution in [-0.2, 0) is 16.1 Å². The van der Waals surface area contributed by atoms with E-state index < -0.39 is 4.92 Å². The summed E-state index contributed by atoms with van der Waals surface area (Å²) >= 11 is 0. The van der Waals surface area contributed by atoms with Gasteiger partial charge in [0.15, 0.2) is 0 Å². The smallest absolute Gasteiger partial charge is 0.269 e. The molecule has 3 aromatic rings. The van der Waals surface area contributed by atoms with Gasteiger partial charge in [-0.05, 0) is 42.8 Å². The van der Waals surface area contributed by atoms with Crippen LogP contribution < -0.4 is 5.56 Å². The van der Waals surface area contributed by atoms with E-state index in [1.54, 1.807) is 40.9 Å². The van der Waals surface area contributed by atoms with E-state index in [1.807, 2.05) is 25.1 Å². The van der Waals surface area contributed by atoms with Crippen LogP contribution in [-0.4, -0.2) is 70.1 Å². The van der Waals surface area contributed by atoms with Gasteiger partial charge >= 0.3 is 0 Å². The van der Waals surface area contributed by atoms with Gasteiger partial charge in [0.25, 0.3) is 11.2 Å². The topological polar surface area (TPSA) is 111 Å². The van der Waals surface area contributed by atoms with Crippen LogP contribution in [0.1, 0.15) is 24.4 Å². The Kier molecular flexibility index (Phi) is 7.87. The minimum absolute atomic E-state index is 0.0114. The monoisotopic (exact) mass is 491 g/mol. The number of nitro groups is 1. The molecule has 36 heavy (non-hydrogen) atoms. The van der Waals surface area contributed by atoms with Crippen molar-refractivity contribution in [2.75, 3.05) is 39.9 Å². The highest BCUT2D eigenvalue weighted by Crippen LogP contribution is 2.22. The van der Waals surface area contributed by atoms with Crippen molar-refractivity contribution in [3.05, 3.63) is 86.5 Å². The summed E-state index contributed by atoms with van der Waals surface area (Å²) < 4.78 is 6.92. The van der Waals surface area contributed by atoms with Crippen molar-refractivity contribution in [3.8, 4) is 0 Å². The number of piperazine rings is 1. The van der Waals surface area contributed by atoms with E-state index in [2.05, 4.69) is 4.90 Å². The lowest BCUT2D eigenvalue weighted by Gasteiger charge is -2.38. The third kappa shape index (κ3) is 5.50. The lowest BCUT2D eigenvalue weighted by molar-refractivity contribution is -0.384. The summed E-state index contributed by atoms with van der Waals surface area (Å²) in [6.07, 6.45) is 3.15. The maximum absolute atomic E-state index is 13.2. The molecule has 1 aliphatic heterocycles. The summed E-state index contributed by atoms with van der Waals surface area (Å²) in [5.41, 5.74) is 1.32. The van der Waals surface area contributed by atoms with Gasteiger partial charge in [0.05, 0.1) is 35.0 Å². The van der Waals surface area contributed by atoms with Crippen molar-refractivity contribution >= 4 is 28.6 Å². The van der Waals surface area contributed by atoms with Crippen LogP contribution in [0.2, 0.25) is 0 Å². The van der Waals surface area contributed by atoms with Gasteiger partial charge in [-0.2, -0.15) is 0 Å². The van der Waals surface area contributed by atoms with Gasteiger partial charge in [-0.15, -0.1) is 0 Å². The second kappa shape index (κ2) is 11.2. The number of amides is 1. The van der Waals surface area contributed by atoms with Crippen LogP contribution in [0.15, 0.2) is 59.4 Å². The number of aromatic nitrogens is 2. The predicted octanol–water partition coefficient (Wildman–Crippen LogP) is 2.87. The molecule has 0 bridgehead atoms. The normalized spacial score (nSPS) is 15.4. The highest BCUT2D eigenvalue weighted by Gasteiger charge is 2.27. The number of hydrogen-bond acceptors (Lipinski definition) is 7. The number of nitrogens with zero attached hydrogens (tertiary/aromatic N) is 5. The molecule has 0 radical (unpaired) electrons. The molecule has 188 valence electrons. The number of nitro benzene ring substituents is 1. The van der Waals surface area contributed by atoms with E-state index >= 15 is 0 Å². The van der Waals surface area contributed by atoms with Crippen molar-refractivity contribution in [1.82, 2.24) is 19.4 Å². The third-order valence-corrected chi connectivity index (χ3v) is 6.48. The molecule has 1 aliphatic rings. The minimum Gasteiger partial charge on any atom is -0.383 e. The second-order valence-electron chi connectivity index (χ2n) is 8.66. The van der Waals surface area contributed by atoms with E-state index in [0.717, 1.165) is 5.56 Å². The van der Waals surface area contributed by atoms with E-state index in [1.165, 1.54) is 18.2 Å². The number of fused-ring (bicyclic) bond motifs is 1. The Labute approximate surface area is 208 Å². The van der Waals surface area contributed by atoms with Gasteiger partial charge in [0, 0.05) is 51.5 Å². The molecule has 2 aromatic carbocycles. The van der Waals surface area contributed by atoms with E-state index in [0.29, 0.717) is 56.1 Å². The maximum Gasteiger partial charge on any atom is 0.269 e.